The molecule has 5 heteroatoms. The van der Waals surface area contributed by atoms with Gasteiger partial charge in [0.05, 0.1) is 6.04 Å². The molecule has 0 spiro atoms. The Bertz CT molecular complexity index is 471. The molecule has 1 aliphatic carbocycles. The molecule has 118 valence electrons. The molecule has 21 heavy (non-hydrogen) atoms. The van der Waals surface area contributed by atoms with Crippen molar-refractivity contribution in [2.75, 3.05) is 13.1 Å². The molecule has 1 atom stereocenters. The van der Waals surface area contributed by atoms with Crippen LogP contribution in [0, 0.1) is 5.82 Å². The fourth-order valence-electron chi connectivity index (χ4n) is 3.90. The molecule has 0 heterocycles. The first kappa shape index (κ1) is 16.7. The number of nitrogens with two attached hydrogens (primary N) is 1. The molecule has 2 rings (SSSR count). The molecule has 3 nitrogen and oxygen atoms in total. The van der Waals surface area contributed by atoms with Crippen LogP contribution in [0.5, 0.6) is 0 Å². The lowest BCUT2D eigenvalue weighted by molar-refractivity contribution is 0.0613. The minimum atomic E-state index is -0.288. The molecular weight excluding hydrogens is 289 g/mol. The van der Waals surface area contributed by atoms with E-state index in [1.807, 2.05) is 0 Å². The second-order valence-electron chi connectivity index (χ2n) is 5.75. The lowest BCUT2D eigenvalue weighted by Crippen LogP contribution is -2.56. The second kappa shape index (κ2) is 7.05. The summed E-state index contributed by atoms with van der Waals surface area (Å²) in [5, 5.41) is 0.412. The number of hydrogen-bond acceptors (Lipinski definition) is 3. The summed E-state index contributed by atoms with van der Waals surface area (Å²) >= 11 is 5.87. The summed E-state index contributed by atoms with van der Waals surface area (Å²) in [6.45, 7) is 6.17. The van der Waals surface area contributed by atoms with Gasteiger partial charge in [-0.25, -0.2) is 4.39 Å². The van der Waals surface area contributed by atoms with Gasteiger partial charge in [0, 0.05) is 16.1 Å². The summed E-state index contributed by atoms with van der Waals surface area (Å²) in [7, 11) is 0. The maximum Gasteiger partial charge on any atom is 0.129 e. The van der Waals surface area contributed by atoms with Crippen LogP contribution in [0.3, 0.4) is 0 Å². The van der Waals surface area contributed by atoms with Gasteiger partial charge >= 0.3 is 0 Å². The predicted molar refractivity (Wildman–Crippen MR) is 85.6 cm³/mol. The molecule has 1 fully saturated rings. The van der Waals surface area contributed by atoms with Gasteiger partial charge in [-0.2, -0.15) is 0 Å². The van der Waals surface area contributed by atoms with Crippen LogP contribution in [-0.2, 0) is 0 Å². The number of hydrazine groups is 1. The number of nitrogens with one attached hydrogen (secondary N) is 1. The molecule has 1 unspecified atom stereocenters. The standard InChI is InChI=1S/C16H25ClFN3/c1-3-21(4-2)16(9-5-6-10-16)15(20-19)13-8-7-12(17)11-14(13)18/h7-8,11,15,20H,3-6,9-10,19H2,1-2H3. The summed E-state index contributed by atoms with van der Waals surface area (Å²) in [5.41, 5.74) is 3.37. The quantitative estimate of drug-likeness (QED) is 0.622. The molecular formula is C16H25ClFN3. The SMILES string of the molecule is CCN(CC)C1(C(NN)c2ccc(Cl)cc2F)CCCC1. The Morgan fingerprint density at radius 3 is 2.43 bits per heavy atom. The van der Waals surface area contributed by atoms with Crippen molar-refractivity contribution < 1.29 is 4.39 Å². The molecule has 1 aromatic rings. The summed E-state index contributed by atoms with van der Waals surface area (Å²) in [4.78, 5) is 2.42. The number of likely N-dealkylation sites (N-methyl/N-ethyl adjacent to an activating group) is 1. The highest BCUT2D eigenvalue weighted by molar-refractivity contribution is 6.30. The van der Waals surface area contributed by atoms with Crippen LogP contribution in [0.15, 0.2) is 18.2 Å². The minimum absolute atomic E-state index is 0.118. The summed E-state index contributed by atoms with van der Waals surface area (Å²) < 4.78 is 14.4. The van der Waals surface area contributed by atoms with Gasteiger partial charge in [0.2, 0.25) is 0 Å². The first-order valence-corrected chi connectivity index (χ1v) is 8.13. The maximum absolute atomic E-state index is 14.4. The van der Waals surface area contributed by atoms with Crippen molar-refractivity contribution in [2.24, 2.45) is 5.84 Å². The minimum Gasteiger partial charge on any atom is -0.296 e. The Balaban J connectivity index is 2.45. The Kier molecular flexibility index (Phi) is 5.60. The van der Waals surface area contributed by atoms with Crippen molar-refractivity contribution in [2.45, 2.75) is 51.1 Å². The molecule has 0 aromatic heterocycles. The highest BCUT2D eigenvalue weighted by Gasteiger charge is 2.46. The van der Waals surface area contributed by atoms with E-state index in [2.05, 4.69) is 24.2 Å². The fraction of sp³-hybridized carbons (Fsp3) is 0.625. The summed E-state index contributed by atoms with van der Waals surface area (Å²) in [6, 6.07) is 4.63. The molecule has 0 saturated heterocycles. The van der Waals surface area contributed by atoms with E-state index >= 15 is 0 Å². The topological polar surface area (TPSA) is 41.3 Å². The van der Waals surface area contributed by atoms with Crippen LogP contribution >= 0.6 is 11.6 Å². The van der Waals surface area contributed by atoms with Gasteiger partial charge in [-0.05, 0) is 38.1 Å². The highest BCUT2D eigenvalue weighted by atomic mass is 35.5. The molecule has 3 N–H and O–H groups in total. The van der Waals surface area contributed by atoms with E-state index in [0.717, 1.165) is 38.8 Å². The van der Waals surface area contributed by atoms with Crippen molar-refractivity contribution in [3.05, 3.63) is 34.6 Å². The third-order valence-electron chi connectivity index (χ3n) is 4.84. The van der Waals surface area contributed by atoms with E-state index in [-0.39, 0.29) is 17.4 Å². The molecule has 0 aliphatic heterocycles. The van der Waals surface area contributed by atoms with E-state index in [1.165, 1.54) is 6.07 Å². The van der Waals surface area contributed by atoms with E-state index in [0.29, 0.717) is 10.6 Å². The summed E-state index contributed by atoms with van der Waals surface area (Å²) in [6.07, 6.45) is 4.38. The van der Waals surface area contributed by atoms with Crippen LogP contribution in [0.1, 0.15) is 51.1 Å². The predicted octanol–water partition coefficient (Wildman–Crippen LogP) is 3.64. The number of halogens is 2. The zero-order chi connectivity index (χ0) is 15.5. The number of benzene rings is 1. The van der Waals surface area contributed by atoms with Gasteiger partial charge < -0.3 is 0 Å². The second-order valence-corrected chi connectivity index (χ2v) is 6.18. The Hall–Kier alpha value is -0.680. The van der Waals surface area contributed by atoms with E-state index < -0.39 is 0 Å². The molecule has 0 radical (unpaired) electrons. The number of hydrogen-bond donors (Lipinski definition) is 2. The van der Waals surface area contributed by atoms with E-state index in [4.69, 9.17) is 17.4 Å². The van der Waals surface area contributed by atoms with Crippen molar-refractivity contribution in [1.29, 1.82) is 0 Å². The molecule has 1 aliphatic rings. The van der Waals surface area contributed by atoms with Crippen molar-refractivity contribution in [3.63, 3.8) is 0 Å². The summed E-state index contributed by atoms with van der Waals surface area (Å²) in [5.74, 6) is 5.56. The Labute approximate surface area is 131 Å². The van der Waals surface area contributed by atoms with Gasteiger partial charge in [0.1, 0.15) is 5.82 Å². The largest absolute Gasteiger partial charge is 0.296 e. The molecule has 0 bridgehead atoms. The lowest BCUT2D eigenvalue weighted by Gasteiger charge is -2.46. The normalized spacial score (nSPS) is 19.1. The third-order valence-corrected chi connectivity index (χ3v) is 5.08. The maximum atomic E-state index is 14.4. The van der Waals surface area contributed by atoms with Gasteiger partial charge in [0.15, 0.2) is 0 Å². The van der Waals surface area contributed by atoms with Crippen LogP contribution < -0.4 is 11.3 Å². The van der Waals surface area contributed by atoms with Crippen LogP contribution in [0.2, 0.25) is 5.02 Å². The van der Waals surface area contributed by atoms with Gasteiger partial charge in [-0.3, -0.25) is 16.2 Å². The van der Waals surface area contributed by atoms with Gasteiger partial charge in [0.25, 0.3) is 0 Å². The average molecular weight is 314 g/mol. The molecule has 0 amide bonds. The van der Waals surface area contributed by atoms with Crippen molar-refractivity contribution in [1.82, 2.24) is 10.3 Å². The van der Waals surface area contributed by atoms with Crippen LogP contribution in [-0.4, -0.2) is 23.5 Å². The van der Waals surface area contributed by atoms with Crippen molar-refractivity contribution >= 4 is 11.6 Å². The van der Waals surface area contributed by atoms with Crippen molar-refractivity contribution in [3.8, 4) is 0 Å². The Morgan fingerprint density at radius 2 is 1.95 bits per heavy atom. The van der Waals surface area contributed by atoms with E-state index in [9.17, 15) is 4.39 Å². The lowest BCUT2D eigenvalue weighted by atomic mass is 9.82. The van der Waals surface area contributed by atoms with E-state index in [1.54, 1.807) is 12.1 Å². The first-order chi connectivity index (χ1) is 10.1. The van der Waals surface area contributed by atoms with Gasteiger partial charge in [-0.15, -0.1) is 0 Å². The molecule has 1 saturated carbocycles. The number of rotatable bonds is 6. The van der Waals surface area contributed by atoms with Crippen LogP contribution in [0.4, 0.5) is 4.39 Å². The smallest absolute Gasteiger partial charge is 0.129 e. The average Bonchev–Trinajstić information content (AvgIpc) is 2.94. The third kappa shape index (κ3) is 3.09. The highest BCUT2D eigenvalue weighted by Crippen LogP contribution is 2.44. The van der Waals surface area contributed by atoms with Gasteiger partial charge in [-0.1, -0.05) is 44.4 Å². The zero-order valence-electron chi connectivity index (χ0n) is 12.8. The fourth-order valence-corrected chi connectivity index (χ4v) is 4.06. The van der Waals surface area contributed by atoms with Crippen LogP contribution in [0.25, 0.3) is 0 Å². The Morgan fingerprint density at radius 1 is 1.33 bits per heavy atom. The first-order valence-electron chi connectivity index (χ1n) is 7.75. The monoisotopic (exact) mass is 313 g/mol. The number of nitrogens with zero attached hydrogens (tertiary/aromatic N) is 1. The molecule has 1 aromatic carbocycles. The zero-order valence-corrected chi connectivity index (χ0v) is 13.6.